The highest BCUT2D eigenvalue weighted by Gasteiger charge is 2.03. The fourth-order valence-electron chi connectivity index (χ4n) is 1.66. The molecule has 0 aliphatic carbocycles. The van der Waals surface area contributed by atoms with Gasteiger partial charge in [0, 0.05) is 17.9 Å². The second-order valence-corrected chi connectivity index (χ2v) is 4.64. The summed E-state index contributed by atoms with van der Waals surface area (Å²) >= 11 is 3.29. The number of ether oxygens (including phenoxy) is 1. The van der Waals surface area contributed by atoms with Crippen LogP contribution in [0.15, 0.2) is 45.5 Å². The van der Waals surface area contributed by atoms with Crippen LogP contribution in [0, 0.1) is 0 Å². The van der Waals surface area contributed by atoms with Crippen LogP contribution in [0.5, 0.6) is 0 Å². The van der Waals surface area contributed by atoms with E-state index in [4.69, 9.17) is 9.15 Å². The number of hydrogen-bond donors (Lipinski definition) is 1. The minimum atomic E-state index is 0.627. The molecule has 1 N–H and O–H groups in total. The van der Waals surface area contributed by atoms with Crippen LogP contribution in [0.25, 0.3) is 0 Å². The van der Waals surface area contributed by atoms with E-state index >= 15 is 0 Å². The number of anilines is 1. The molecule has 4 heteroatoms. The number of halogens is 1. The number of furan rings is 1. The minimum Gasteiger partial charge on any atom is -0.452 e. The third-order valence-corrected chi connectivity index (χ3v) is 2.99. The number of para-hydroxylation sites is 1. The van der Waals surface area contributed by atoms with Crippen molar-refractivity contribution < 1.29 is 9.15 Å². The Labute approximate surface area is 115 Å². The zero-order valence-corrected chi connectivity index (χ0v) is 11.9. The van der Waals surface area contributed by atoms with Gasteiger partial charge in [0.25, 0.3) is 0 Å². The van der Waals surface area contributed by atoms with E-state index in [0.717, 1.165) is 28.3 Å². The summed E-state index contributed by atoms with van der Waals surface area (Å²) in [6.45, 7) is 4.01. The normalized spacial score (nSPS) is 10.6. The van der Waals surface area contributed by atoms with Crippen molar-refractivity contribution >= 4 is 21.6 Å². The molecule has 0 bridgehead atoms. The van der Waals surface area contributed by atoms with E-state index in [0.29, 0.717) is 13.2 Å². The number of hydrogen-bond acceptors (Lipinski definition) is 3. The maximum Gasteiger partial charge on any atom is 0.169 e. The molecule has 0 aliphatic rings. The molecule has 0 radical (unpaired) electrons. The van der Waals surface area contributed by atoms with Gasteiger partial charge in [0.05, 0.1) is 13.2 Å². The van der Waals surface area contributed by atoms with Gasteiger partial charge in [-0.05, 0) is 41.1 Å². The Balaban J connectivity index is 1.99. The van der Waals surface area contributed by atoms with Crippen LogP contribution in [0.4, 0.5) is 5.69 Å². The molecule has 1 heterocycles. The number of rotatable bonds is 6. The Morgan fingerprint density at radius 1 is 1.22 bits per heavy atom. The minimum absolute atomic E-state index is 0.627. The molecule has 0 aliphatic heterocycles. The van der Waals surface area contributed by atoms with Crippen LogP contribution >= 0.6 is 15.9 Å². The molecule has 0 atom stereocenters. The van der Waals surface area contributed by atoms with Gasteiger partial charge in [-0.25, -0.2) is 0 Å². The zero-order chi connectivity index (χ0) is 12.8. The molecule has 0 saturated heterocycles. The highest BCUT2D eigenvalue weighted by molar-refractivity contribution is 9.10. The predicted octanol–water partition coefficient (Wildman–Crippen LogP) is 4.19. The Kier molecular flexibility index (Phi) is 4.84. The molecule has 1 aromatic carbocycles. The van der Waals surface area contributed by atoms with Crippen LogP contribution in [-0.2, 0) is 17.9 Å². The van der Waals surface area contributed by atoms with E-state index in [1.54, 1.807) is 0 Å². The summed E-state index contributed by atoms with van der Waals surface area (Å²) in [6.07, 6.45) is 0. The van der Waals surface area contributed by atoms with Gasteiger partial charge in [-0.2, -0.15) is 0 Å². The van der Waals surface area contributed by atoms with Gasteiger partial charge >= 0.3 is 0 Å². The first-order valence-electron chi connectivity index (χ1n) is 5.93. The van der Waals surface area contributed by atoms with Crippen molar-refractivity contribution in [2.24, 2.45) is 0 Å². The Morgan fingerprint density at radius 2 is 2.06 bits per heavy atom. The quantitative estimate of drug-likeness (QED) is 0.868. The van der Waals surface area contributed by atoms with Crippen LogP contribution in [0.2, 0.25) is 0 Å². The monoisotopic (exact) mass is 309 g/mol. The van der Waals surface area contributed by atoms with E-state index in [-0.39, 0.29) is 0 Å². The molecule has 1 aromatic heterocycles. The summed E-state index contributed by atoms with van der Waals surface area (Å²) in [5.74, 6) is 0.896. The molecule has 18 heavy (non-hydrogen) atoms. The van der Waals surface area contributed by atoms with Gasteiger partial charge in [-0.1, -0.05) is 18.2 Å². The lowest BCUT2D eigenvalue weighted by Crippen LogP contribution is -2.02. The van der Waals surface area contributed by atoms with Crippen LogP contribution < -0.4 is 5.32 Å². The van der Waals surface area contributed by atoms with Crippen LogP contribution in [-0.4, -0.2) is 6.61 Å². The predicted molar refractivity (Wildman–Crippen MR) is 75.5 cm³/mol. The summed E-state index contributed by atoms with van der Waals surface area (Å²) in [5.41, 5.74) is 2.24. The molecule has 3 nitrogen and oxygen atoms in total. The third-order valence-electron chi connectivity index (χ3n) is 2.56. The Morgan fingerprint density at radius 3 is 2.78 bits per heavy atom. The average Bonchev–Trinajstić information content (AvgIpc) is 2.81. The second-order valence-electron chi connectivity index (χ2n) is 3.85. The molecule has 0 unspecified atom stereocenters. The van der Waals surface area contributed by atoms with Gasteiger partial charge < -0.3 is 14.5 Å². The van der Waals surface area contributed by atoms with Crippen LogP contribution in [0.1, 0.15) is 18.2 Å². The fraction of sp³-hybridized carbons (Fsp3) is 0.286. The molecule has 0 spiro atoms. The lowest BCUT2D eigenvalue weighted by Gasteiger charge is -2.10. The molecule has 96 valence electrons. The lowest BCUT2D eigenvalue weighted by molar-refractivity contribution is 0.134. The molecule has 2 rings (SSSR count). The average molecular weight is 310 g/mol. The van der Waals surface area contributed by atoms with Crippen molar-refractivity contribution in [3.05, 3.63) is 52.4 Å². The fourth-order valence-corrected chi connectivity index (χ4v) is 2.00. The van der Waals surface area contributed by atoms with Crippen molar-refractivity contribution in [1.29, 1.82) is 0 Å². The topological polar surface area (TPSA) is 34.4 Å². The summed E-state index contributed by atoms with van der Waals surface area (Å²) in [5, 5.41) is 3.36. The molecule has 0 amide bonds. The Hall–Kier alpha value is -1.26. The van der Waals surface area contributed by atoms with Crippen molar-refractivity contribution in [1.82, 2.24) is 0 Å². The Bertz CT molecular complexity index is 496. The number of nitrogens with one attached hydrogen (secondary N) is 1. The first-order valence-corrected chi connectivity index (χ1v) is 6.72. The molecular weight excluding hydrogens is 294 g/mol. The van der Waals surface area contributed by atoms with Gasteiger partial charge in [0.1, 0.15) is 5.76 Å². The maximum atomic E-state index is 5.45. The lowest BCUT2D eigenvalue weighted by atomic mass is 10.2. The molecule has 2 aromatic rings. The first kappa shape index (κ1) is 13.2. The number of benzene rings is 1. The first-order chi connectivity index (χ1) is 8.79. The van der Waals surface area contributed by atoms with Crippen molar-refractivity contribution in [3.63, 3.8) is 0 Å². The second kappa shape index (κ2) is 6.61. The van der Waals surface area contributed by atoms with E-state index in [2.05, 4.69) is 27.3 Å². The van der Waals surface area contributed by atoms with E-state index in [1.165, 1.54) is 0 Å². The smallest absolute Gasteiger partial charge is 0.169 e. The summed E-state index contributed by atoms with van der Waals surface area (Å²) in [4.78, 5) is 0. The maximum absolute atomic E-state index is 5.45. The summed E-state index contributed by atoms with van der Waals surface area (Å²) in [7, 11) is 0. The van der Waals surface area contributed by atoms with Gasteiger partial charge in [0.2, 0.25) is 0 Å². The van der Waals surface area contributed by atoms with E-state index < -0.39 is 0 Å². The van der Waals surface area contributed by atoms with Crippen molar-refractivity contribution in [2.75, 3.05) is 11.9 Å². The van der Waals surface area contributed by atoms with Crippen molar-refractivity contribution in [3.8, 4) is 0 Å². The van der Waals surface area contributed by atoms with Gasteiger partial charge in [-0.15, -0.1) is 0 Å². The van der Waals surface area contributed by atoms with Crippen LogP contribution in [0.3, 0.4) is 0 Å². The SMILES string of the molecule is CCOCc1ccccc1NCc1ccc(Br)o1. The molecule has 0 saturated carbocycles. The largest absolute Gasteiger partial charge is 0.452 e. The van der Waals surface area contributed by atoms with Gasteiger partial charge in [-0.3, -0.25) is 0 Å². The molecule has 0 fully saturated rings. The van der Waals surface area contributed by atoms with Gasteiger partial charge in [0.15, 0.2) is 4.67 Å². The van der Waals surface area contributed by atoms with Crippen molar-refractivity contribution in [2.45, 2.75) is 20.1 Å². The summed E-state index contributed by atoms with van der Waals surface area (Å²) in [6, 6.07) is 12.0. The highest BCUT2D eigenvalue weighted by Crippen LogP contribution is 2.19. The molecular formula is C14H16BrNO2. The standard InChI is InChI=1S/C14H16BrNO2/c1-2-17-10-11-5-3-4-6-13(11)16-9-12-7-8-14(15)18-12/h3-8,16H,2,9-10H2,1H3. The zero-order valence-electron chi connectivity index (χ0n) is 10.3. The summed E-state index contributed by atoms with van der Waals surface area (Å²) < 4.78 is 11.6. The van der Waals surface area contributed by atoms with E-state index in [9.17, 15) is 0 Å². The third kappa shape index (κ3) is 3.62. The highest BCUT2D eigenvalue weighted by atomic mass is 79.9. The van der Waals surface area contributed by atoms with E-state index in [1.807, 2.05) is 37.3 Å².